The van der Waals surface area contributed by atoms with Crippen molar-refractivity contribution >= 4 is 23.4 Å². The fourth-order valence-electron chi connectivity index (χ4n) is 6.60. The third-order valence-corrected chi connectivity index (χ3v) is 9.21. The van der Waals surface area contributed by atoms with E-state index in [-0.39, 0.29) is 23.8 Å². The van der Waals surface area contributed by atoms with Crippen LogP contribution in [0.1, 0.15) is 74.0 Å². The lowest BCUT2D eigenvalue weighted by atomic mass is 9.99. The Morgan fingerprint density at radius 3 is 2.38 bits per heavy atom. The molecule has 3 aromatic carbocycles. The van der Waals surface area contributed by atoms with Gasteiger partial charge >= 0.3 is 0 Å². The van der Waals surface area contributed by atoms with Crippen LogP contribution in [-0.2, 0) is 0 Å². The molecule has 0 spiro atoms. The second kappa shape index (κ2) is 14.1. The average Bonchev–Trinajstić information content (AvgIpc) is 3.75. The second-order valence-electron chi connectivity index (χ2n) is 11.8. The summed E-state index contributed by atoms with van der Waals surface area (Å²) in [5.74, 6) is 0.161. The number of imide groups is 1. The van der Waals surface area contributed by atoms with Crippen molar-refractivity contribution in [3.8, 4) is 11.5 Å². The van der Waals surface area contributed by atoms with Crippen LogP contribution in [0.4, 0.5) is 5.69 Å². The van der Waals surface area contributed by atoms with E-state index in [4.69, 9.17) is 9.47 Å². The predicted molar refractivity (Wildman–Crippen MR) is 178 cm³/mol. The highest BCUT2D eigenvalue weighted by Gasteiger charge is 2.43. The van der Waals surface area contributed by atoms with E-state index >= 15 is 0 Å². The van der Waals surface area contributed by atoms with Gasteiger partial charge in [-0.3, -0.25) is 29.3 Å². The highest BCUT2D eigenvalue weighted by molar-refractivity contribution is 6.24. The number of piperazine rings is 1. The number of aromatic nitrogens is 2. The minimum atomic E-state index is -0.593. The van der Waals surface area contributed by atoms with Gasteiger partial charge in [0, 0.05) is 45.0 Å². The number of anilines is 1. The number of aromatic amines is 1. The van der Waals surface area contributed by atoms with E-state index in [1.54, 1.807) is 26.4 Å². The lowest BCUT2D eigenvalue weighted by Crippen LogP contribution is -2.47. The van der Waals surface area contributed by atoms with E-state index in [0.717, 1.165) is 37.4 Å². The average molecular weight is 637 g/mol. The molecule has 1 unspecified atom stereocenters. The Kier molecular flexibility index (Phi) is 9.53. The molecule has 3 heterocycles. The van der Waals surface area contributed by atoms with Crippen molar-refractivity contribution in [3.05, 3.63) is 107 Å². The van der Waals surface area contributed by atoms with Crippen molar-refractivity contribution in [3.63, 3.8) is 0 Å². The van der Waals surface area contributed by atoms with Gasteiger partial charge in [-0.15, -0.1) is 0 Å². The van der Waals surface area contributed by atoms with Crippen molar-refractivity contribution in [2.45, 2.75) is 31.8 Å². The topological polar surface area (TPSA) is 120 Å². The molecule has 0 aliphatic carbocycles. The number of hydrogen-bond acceptors (Lipinski definition) is 8. The molecule has 2 atom stereocenters. The van der Waals surface area contributed by atoms with E-state index in [0.29, 0.717) is 47.6 Å². The summed E-state index contributed by atoms with van der Waals surface area (Å²) in [5, 5.41) is 9.36. The minimum Gasteiger partial charge on any atom is -0.493 e. The van der Waals surface area contributed by atoms with Crippen LogP contribution >= 0.6 is 0 Å². The molecule has 11 heteroatoms. The molecule has 0 saturated carbocycles. The monoisotopic (exact) mass is 636 g/mol. The number of carbonyl (C=O) groups excluding carboxylic acids is 3. The zero-order chi connectivity index (χ0) is 32.9. The van der Waals surface area contributed by atoms with Gasteiger partial charge in [-0.2, -0.15) is 5.10 Å². The first-order chi connectivity index (χ1) is 22.9. The molecule has 244 valence electrons. The molecule has 3 amide bonds. The third kappa shape index (κ3) is 6.44. The van der Waals surface area contributed by atoms with Crippen molar-refractivity contribution in [2.24, 2.45) is 0 Å². The maximum atomic E-state index is 14.3. The van der Waals surface area contributed by atoms with Gasteiger partial charge in [0.1, 0.15) is 0 Å². The standard InChI is InChI=1S/C36H40N6O5/c1-24(25-9-5-4-6-10-25)40-17-19-41(20-18-40)30-12-7-11-28-33(30)36(45)42(35(28)44)29(26-14-15-31(46-2)32(21-26)47-3)13-8-16-37-34(43)27-22-38-39-23-27/h4-7,9-12,14-15,21-24,29H,8,13,16-20H2,1-3H3,(H,37,43)(H,38,39)/t24?,29-/m1/s1. The first kappa shape index (κ1) is 31.8. The van der Waals surface area contributed by atoms with Crippen LogP contribution in [0.15, 0.2) is 79.1 Å². The Labute approximate surface area is 274 Å². The molecule has 0 radical (unpaired) electrons. The van der Waals surface area contributed by atoms with E-state index in [2.05, 4.69) is 56.5 Å². The highest BCUT2D eigenvalue weighted by atomic mass is 16.5. The van der Waals surface area contributed by atoms with Gasteiger partial charge in [-0.25, -0.2) is 0 Å². The number of hydrogen-bond donors (Lipinski definition) is 2. The maximum absolute atomic E-state index is 14.3. The summed E-state index contributed by atoms with van der Waals surface area (Å²) in [6.45, 7) is 5.74. The van der Waals surface area contributed by atoms with Crippen LogP contribution < -0.4 is 19.7 Å². The molecule has 2 aliphatic rings. The molecule has 0 bridgehead atoms. The molecule has 4 aromatic rings. The van der Waals surface area contributed by atoms with Gasteiger partial charge in [-0.05, 0) is 55.2 Å². The number of amides is 3. The Bertz CT molecular complexity index is 1720. The number of H-pyrrole nitrogens is 1. The van der Waals surface area contributed by atoms with E-state index in [9.17, 15) is 14.4 Å². The van der Waals surface area contributed by atoms with E-state index in [1.807, 2.05) is 30.3 Å². The van der Waals surface area contributed by atoms with E-state index < -0.39 is 6.04 Å². The molecule has 1 aromatic heterocycles. The van der Waals surface area contributed by atoms with E-state index in [1.165, 1.54) is 22.9 Å². The Morgan fingerprint density at radius 2 is 1.68 bits per heavy atom. The first-order valence-electron chi connectivity index (χ1n) is 15.9. The maximum Gasteiger partial charge on any atom is 0.264 e. The van der Waals surface area contributed by atoms with Gasteiger partial charge in [-0.1, -0.05) is 42.5 Å². The Morgan fingerprint density at radius 1 is 0.915 bits per heavy atom. The fourth-order valence-corrected chi connectivity index (χ4v) is 6.60. The van der Waals surface area contributed by atoms with Gasteiger partial charge in [0.05, 0.1) is 48.8 Å². The summed E-state index contributed by atoms with van der Waals surface area (Å²) in [6, 6.07) is 21.2. The number of nitrogens with zero attached hydrogens (tertiary/aromatic N) is 4. The fraction of sp³-hybridized carbons (Fsp3) is 0.333. The molecule has 1 fully saturated rings. The SMILES string of the molecule is COc1ccc([C@@H](CCCNC(=O)c2cn[nH]c2)N2C(=O)c3cccc(N4CCN(C(C)c5ccccc5)CC4)c3C2=O)cc1OC. The first-order valence-corrected chi connectivity index (χ1v) is 15.9. The summed E-state index contributed by atoms with van der Waals surface area (Å²) in [6.07, 6.45) is 3.94. The minimum absolute atomic E-state index is 0.245. The number of benzene rings is 3. The number of carbonyl (C=O) groups is 3. The normalized spacial score (nSPS) is 16.1. The lowest BCUT2D eigenvalue weighted by molar-refractivity contribution is 0.0570. The van der Waals surface area contributed by atoms with Crippen LogP contribution in [0.25, 0.3) is 0 Å². The second-order valence-corrected chi connectivity index (χ2v) is 11.8. The number of nitrogens with one attached hydrogen (secondary N) is 2. The zero-order valence-corrected chi connectivity index (χ0v) is 26.9. The van der Waals surface area contributed by atoms with Crippen molar-refractivity contribution in [1.82, 2.24) is 25.3 Å². The molecular formula is C36H40N6O5. The summed E-state index contributed by atoms with van der Waals surface area (Å²) in [7, 11) is 3.11. The van der Waals surface area contributed by atoms with Gasteiger partial charge in [0.15, 0.2) is 11.5 Å². The van der Waals surface area contributed by atoms with Gasteiger partial charge in [0.25, 0.3) is 17.7 Å². The molecule has 47 heavy (non-hydrogen) atoms. The predicted octanol–water partition coefficient (Wildman–Crippen LogP) is 4.86. The summed E-state index contributed by atoms with van der Waals surface area (Å²) in [5.41, 5.74) is 4.09. The number of methoxy groups -OCH3 is 2. The number of rotatable bonds is 12. The van der Waals surface area contributed by atoms with Crippen molar-refractivity contribution in [2.75, 3.05) is 51.8 Å². The van der Waals surface area contributed by atoms with Crippen LogP contribution in [0, 0.1) is 0 Å². The van der Waals surface area contributed by atoms with Gasteiger partial charge < -0.3 is 19.7 Å². The van der Waals surface area contributed by atoms with Crippen LogP contribution in [-0.4, -0.2) is 84.7 Å². The molecule has 2 aliphatic heterocycles. The quantitative estimate of drug-likeness (QED) is 0.167. The van der Waals surface area contributed by atoms with Crippen LogP contribution in [0.3, 0.4) is 0 Å². The Balaban J connectivity index is 1.23. The molecule has 2 N–H and O–H groups in total. The highest BCUT2D eigenvalue weighted by Crippen LogP contribution is 2.40. The van der Waals surface area contributed by atoms with Crippen LogP contribution in [0.5, 0.6) is 11.5 Å². The largest absolute Gasteiger partial charge is 0.493 e. The van der Waals surface area contributed by atoms with Crippen molar-refractivity contribution < 1.29 is 23.9 Å². The van der Waals surface area contributed by atoms with Crippen LogP contribution in [0.2, 0.25) is 0 Å². The Hall–Kier alpha value is -5.16. The lowest BCUT2D eigenvalue weighted by Gasteiger charge is -2.39. The summed E-state index contributed by atoms with van der Waals surface area (Å²) < 4.78 is 11.0. The number of ether oxygens (including phenoxy) is 2. The molecule has 6 rings (SSSR count). The summed E-state index contributed by atoms with van der Waals surface area (Å²) >= 11 is 0. The smallest absolute Gasteiger partial charge is 0.264 e. The molecule has 1 saturated heterocycles. The van der Waals surface area contributed by atoms with Crippen molar-refractivity contribution in [1.29, 1.82) is 0 Å². The summed E-state index contributed by atoms with van der Waals surface area (Å²) in [4.78, 5) is 46.9. The third-order valence-electron chi connectivity index (χ3n) is 9.21. The molecular weight excluding hydrogens is 596 g/mol. The van der Waals surface area contributed by atoms with Gasteiger partial charge in [0.2, 0.25) is 0 Å². The zero-order valence-electron chi connectivity index (χ0n) is 26.9. The molecule has 11 nitrogen and oxygen atoms in total. The number of fused-ring (bicyclic) bond motifs is 1.